The van der Waals surface area contributed by atoms with Crippen molar-refractivity contribution in [2.24, 2.45) is 0 Å². The van der Waals surface area contributed by atoms with Crippen LogP contribution in [0.3, 0.4) is 0 Å². The number of hydrogen-bond donors (Lipinski definition) is 2. The van der Waals surface area contributed by atoms with Crippen LogP contribution in [-0.4, -0.2) is 17.4 Å². The highest BCUT2D eigenvalue weighted by atomic mass is 16.6. The van der Waals surface area contributed by atoms with Gasteiger partial charge >= 0.3 is 0 Å². The van der Waals surface area contributed by atoms with Crippen LogP contribution in [0.25, 0.3) is 0 Å². The Morgan fingerprint density at radius 3 is 2.79 bits per heavy atom. The molecule has 0 saturated carbocycles. The summed E-state index contributed by atoms with van der Waals surface area (Å²) >= 11 is 0. The maximum Gasteiger partial charge on any atom is 0.274 e. The molecule has 0 spiro atoms. The van der Waals surface area contributed by atoms with Crippen molar-refractivity contribution in [1.82, 2.24) is 5.32 Å². The molecule has 0 aromatic heterocycles. The SMILES string of the molecule is CC(=O)NCCC#Cc1cc(C)c([N+](=O)[O-])cc1N. The van der Waals surface area contributed by atoms with Crippen molar-refractivity contribution in [3.05, 3.63) is 33.4 Å². The number of hydrogen-bond acceptors (Lipinski definition) is 4. The van der Waals surface area contributed by atoms with Crippen LogP contribution < -0.4 is 11.1 Å². The van der Waals surface area contributed by atoms with Gasteiger partial charge in [-0.05, 0) is 13.0 Å². The predicted octanol–water partition coefficient (Wildman–Crippen LogP) is 1.36. The maximum atomic E-state index is 10.7. The van der Waals surface area contributed by atoms with Crippen molar-refractivity contribution < 1.29 is 9.72 Å². The summed E-state index contributed by atoms with van der Waals surface area (Å²) in [7, 11) is 0. The molecule has 100 valence electrons. The van der Waals surface area contributed by atoms with Gasteiger partial charge in [-0.1, -0.05) is 11.8 Å². The Morgan fingerprint density at radius 2 is 2.21 bits per heavy atom. The molecule has 0 aliphatic heterocycles. The Balaban J connectivity index is 2.80. The summed E-state index contributed by atoms with van der Waals surface area (Å²) in [6.07, 6.45) is 0.495. The van der Waals surface area contributed by atoms with Gasteiger partial charge in [-0.15, -0.1) is 0 Å². The van der Waals surface area contributed by atoms with Gasteiger partial charge in [0.2, 0.25) is 5.91 Å². The molecule has 0 aliphatic rings. The van der Waals surface area contributed by atoms with Crippen molar-refractivity contribution in [2.45, 2.75) is 20.3 Å². The van der Waals surface area contributed by atoms with Gasteiger partial charge in [0, 0.05) is 37.1 Å². The molecule has 6 nitrogen and oxygen atoms in total. The van der Waals surface area contributed by atoms with E-state index in [0.29, 0.717) is 24.1 Å². The molecule has 0 radical (unpaired) electrons. The van der Waals surface area contributed by atoms with Gasteiger partial charge in [0.1, 0.15) is 0 Å². The third-order valence-electron chi connectivity index (χ3n) is 2.41. The second-order valence-electron chi connectivity index (χ2n) is 4.02. The molecule has 1 aromatic rings. The lowest BCUT2D eigenvalue weighted by molar-refractivity contribution is -0.385. The van der Waals surface area contributed by atoms with Crippen LogP contribution in [0, 0.1) is 28.9 Å². The Kier molecular flexibility index (Phi) is 4.89. The lowest BCUT2D eigenvalue weighted by atomic mass is 10.1. The van der Waals surface area contributed by atoms with E-state index in [9.17, 15) is 14.9 Å². The minimum atomic E-state index is -0.473. The number of nitrogen functional groups attached to an aromatic ring is 1. The van der Waals surface area contributed by atoms with E-state index < -0.39 is 4.92 Å². The fourth-order valence-electron chi connectivity index (χ4n) is 1.48. The molecular weight excluding hydrogens is 246 g/mol. The highest BCUT2D eigenvalue weighted by Gasteiger charge is 2.12. The Hall–Kier alpha value is -2.55. The number of benzene rings is 1. The standard InChI is InChI=1S/C13H15N3O3/c1-9-7-11(5-3-4-6-15-10(2)17)12(14)8-13(9)16(18)19/h7-8H,4,6,14H2,1-2H3,(H,15,17). The van der Waals surface area contributed by atoms with E-state index in [0.717, 1.165) is 0 Å². The quantitative estimate of drug-likeness (QED) is 0.282. The van der Waals surface area contributed by atoms with Crippen LogP contribution in [0.1, 0.15) is 24.5 Å². The van der Waals surface area contributed by atoms with Gasteiger partial charge in [0.25, 0.3) is 5.69 Å². The lowest BCUT2D eigenvalue weighted by Gasteiger charge is -2.02. The van der Waals surface area contributed by atoms with E-state index >= 15 is 0 Å². The number of anilines is 1. The third-order valence-corrected chi connectivity index (χ3v) is 2.41. The first-order chi connectivity index (χ1) is 8.91. The number of nitrogens with one attached hydrogen (secondary N) is 1. The normalized spacial score (nSPS) is 9.37. The van der Waals surface area contributed by atoms with E-state index in [-0.39, 0.29) is 17.3 Å². The highest BCUT2D eigenvalue weighted by molar-refractivity contribution is 5.72. The van der Waals surface area contributed by atoms with Gasteiger partial charge in [-0.2, -0.15) is 0 Å². The van der Waals surface area contributed by atoms with Crippen LogP contribution in [0.2, 0.25) is 0 Å². The van der Waals surface area contributed by atoms with Gasteiger partial charge < -0.3 is 11.1 Å². The number of carbonyl (C=O) groups is 1. The molecule has 6 heteroatoms. The molecule has 1 aromatic carbocycles. The fraction of sp³-hybridized carbons (Fsp3) is 0.308. The van der Waals surface area contributed by atoms with Crippen LogP contribution in [0.5, 0.6) is 0 Å². The minimum Gasteiger partial charge on any atom is -0.398 e. The van der Waals surface area contributed by atoms with E-state index in [1.54, 1.807) is 13.0 Å². The minimum absolute atomic E-state index is 0.0127. The molecular formula is C13H15N3O3. The molecule has 19 heavy (non-hydrogen) atoms. The van der Waals surface area contributed by atoms with Gasteiger partial charge in [-0.25, -0.2) is 0 Å². The van der Waals surface area contributed by atoms with Crippen LogP contribution in [0.15, 0.2) is 12.1 Å². The molecule has 3 N–H and O–H groups in total. The van der Waals surface area contributed by atoms with E-state index in [2.05, 4.69) is 17.2 Å². The lowest BCUT2D eigenvalue weighted by Crippen LogP contribution is -2.20. The molecule has 0 atom stereocenters. The average Bonchev–Trinajstić information content (AvgIpc) is 2.31. The zero-order valence-corrected chi connectivity index (χ0v) is 10.8. The Labute approximate surface area is 111 Å². The maximum absolute atomic E-state index is 10.7. The number of nitrogens with zero attached hydrogens (tertiary/aromatic N) is 1. The zero-order valence-electron chi connectivity index (χ0n) is 10.8. The fourth-order valence-corrected chi connectivity index (χ4v) is 1.48. The molecule has 0 saturated heterocycles. The van der Waals surface area contributed by atoms with Gasteiger partial charge in [0.15, 0.2) is 0 Å². The first-order valence-corrected chi connectivity index (χ1v) is 5.69. The molecule has 1 rings (SSSR count). The smallest absolute Gasteiger partial charge is 0.274 e. The Morgan fingerprint density at radius 1 is 1.53 bits per heavy atom. The number of aryl methyl sites for hydroxylation is 1. The Bertz CT molecular complexity index is 570. The van der Waals surface area contributed by atoms with Crippen molar-refractivity contribution in [3.8, 4) is 11.8 Å². The van der Waals surface area contributed by atoms with Crippen LogP contribution in [0.4, 0.5) is 11.4 Å². The number of rotatable bonds is 3. The molecule has 0 heterocycles. The molecule has 0 fully saturated rings. The second kappa shape index (κ2) is 6.40. The number of nitrogens with two attached hydrogens (primary N) is 1. The van der Waals surface area contributed by atoms with E-state index in [1.165, 1.54) is 13.0 Å². The van der Waals surface area contributed by atoms with Crippen molar-refractivity contribution in [3.63, 3.8) is 0 Å². The largest absolute Gasteiger partial charge is 0.398 e. The number of amides is 1. The first kappa shape index (κ1) is 14.5. The van der Waals surface area contributed by atoms with E-state index in [1.807, 2.05) is 0 Å². The number of nitro benzene ring substituents is 1. The monoisotopic (exact) mass is 261 g/mol. The third kappa shape index (κ3) is 4.32. The topological polar surface area (TPSA) is 98.3 Å². The first-order valence-electron chi connectivity index (χ1n) is 5.69. The summed E-state index contributed by atoms with van der Waals surface area (Å²) < 4.78 is 0. The molecule has 1 amide bonds. The summed E-state index contributed by atoms with van der Waals surface area (Å²) in [6, 6.07) is 2.91. The molecule has 0 aliphatic carbocycles. The van der Waals surface area contributed by atoms with Gasteiger partial charge in [-0.3, -0.25) is 14.9 Å². The van der Waals surface area contributed by atoms with Crippen LogP contribution in [-0.2, 0) is 4.79 Å². The number of nitro groups is 1. The summed E-state index contributed by atoms with van der Waals surface area (Å²) in [5.74, 6) is 5.60. The molecule has 0 bridgehead atoms. The molecule has 0 unspecified atom stereocenters. The van der Waals surface area contributed by atoms with Crippen molar-refractivity contribution in [2.75, 3.05) is 12.3 Å². The van der Waals surface area contributed by atoms with Crippen LogP contribution >= 0.6 is 0 Å². The zero-order chi connectivity index (χ0) is 14.4. The van der Waals surface area contributed by atoms with Crippen molar-refractivity contribution in [1.29, 1.82) is 0 Å². The van der Waals surface area contributed by atoms with Gasteiger partial charge in [0.05, 0.1) is 10.6 Å². The highest BCUT2D eigenvalue weighted by Crippen LogP contribution is 2.23. The summed E-state index contributed by atoms with van der Waals surface area (Å²) in [5.41, 5.74) is 7.06. The predicted molar refractivity (Wildman–Crippen MR) is 72.4 cm³/mol. The summed E-state index contributed by atoms with van der Waals surface area (Å²) in [6.45, 7) is 3.54. The summed E-state index contributed by atoms with van der Waals surface area (Å²) in [4.78, 5) is 20.9. The number of carbonyl (C=O) groups excluding carboxylic acids is 1. The summed E-state index contributed by atoms with van der Waals surface area (Å²) in [5, 5.41) is 13.3. The van der Waals surface area contributed by atoms with E-state index in [4.69, 9.17) is 5.73 Å². The second-order valence-corrected chi connectivity index (χ2v) is 4.02. The van der Waals surface area contributed by atoms with Crippen molar-refractivity contribution >= 4 is 17.3 Å². The average molecular weight is 261 g/mol.